The van der Waals surface area contributed by atoms with E-state index in [1.165, 1.54) is 23.9 Å². The summed E-state index contributed by atoms with van der Waals surface area (Å²) >= 11 is 4.31. The fraction of sp³-hybridized carbons (Fsp3) is 0.391. The van der Waals surface area contributed by atoms with Crippen molar-refractivity contribution in [2.24, 2.45) is 0 Å². The standard InChI is InChI=1S/C23H24BrF3N2O4S/c1-4-29(21(32)28-15-6-8-19(18(24)12-15)33-23(25,26)27)16-9-13-5-7-17(11-14(13)10-16)34-22(2,3)20(30)31/h5-8,11-12,16H,4,9-10H2,1-3H3,(H,28,32)(H,30,31). The Balaban J connectivity index is 1.68. The summed E-state index contributed by atoms with van der Waals surface area (Å²) in [5.74, 6) is -1.29. The lowest BCUT2D eigenvalue weighted by Crippen LogP contribution is -2.43. The van der Waals surface area contributed by atoms with Gasteiger partial charge in [0.05, 0.1) is 4.47 Å². The first kappa shape index (κ1) is 26.2. The van der Waals surface area contributed by atoms with Gasteiger partial charge in [0.15, 0.2) is 0 Å². The predicted octanol–water partition coefficient (Wildman–Crippen LogP) is 6.32. The SMILES string of the molecule is CCN(C(=O)Nc1ccc(OC(F)(F)F)c(Br)c1)C1Cc2ccc(SC(C)(C)C(=O)O)cc2C1. The Hall–Kier alpha value is -2.40. The number of rotatable bonds is 7. The molecule has 0 spiro atoms. The molecule has 1 aliphatic carbocycles. The van der Waals surface area contributed by atoms with Crippen molar-refractivity contribution in [1.29, 1.82) is 0 Å². The number of amides is 2. The van der Waals surface area contributed by atoms with Gasteiger partial charge in [-0.15, -0.1) is 24.9 Å². The molecule has 0 aliphatic heterocycles. The highest BCUT2D eigenvalue weighted by Crippen LogP contribution is 2.36. The number of carbonyl (C=O) groups is 2. The zero-order valence-corrected chi connectivity index (χ0v) is 21.1. The Kier molecular flexibility index (Phi) is 7.76. The number of hydrogen-bond donors (Lipinski definition) is 2. The van der Waals surface area contributed by atoms with E-state index >= 15 is 0 Å². The van der Waals surface area contributed by atoms with E-state index in [0.29, 0.717) is 25.1 Å². The van der Waals surface area contributed by atoms with E-state index in [4.69, 9.17) is 0 Å². The van der Waals surface area contributed by atoms with E-state index < -0.39 is 22.8 Å². The van der Waals surface area contributed by atoms with Crippen LogP contribution in [0.1, 0.15) is 31.9 Å². The van der Waals surface area contributed by atoms with Crippen LogP contribution in [-0.4, -0.2) is 45.7 Å². The number of thioether (sulfide) groups is 1. The highest BCUT2D eigenvalue weighted by Gasteiger charge is 2.33. The smallest absolute Gasteiger partial charge is 0.480 e. The molecule has 11 heteroatoms. The number of alkyl halides is 3. The molecule has 0 saturated heterocycles. The van der Waals surface area contributed by atoms with E-state index in [1.807, 2.05) is 25.1 Å². The number of hydrogen-bond acceptors (Lipinski definition) is 4. The molecule has 2 aromatic rings. The molecule has 184 valence electrons. The number of carbonyl (C=O) groups excluding carboxylic acids is 1. The van der Waals surface area contributed by atoms with Gasteiger partial charge in [0.25, 0.3) is 0 Å². The lowest BCUT2D eigenvalue weighted by atomic mass is 10.1. The third-order valence-electron chi connectivity index (χ3n) is 5.43. The average Bonchev–Trinajstić information content (AvgIpc) is 3.12. The summed E-state index contributed by atoms with van der Waals surface area (Å²) in [4.78, 5) is 26.9. The molecular formula is C23H24BrF3N2O4S. The number of carboxylic acid groups (broad SMARTS) is 1. The maximum Gasteiger partial charge on any atom is 0.573 e. The van der Waals surface area contributed by atoms with Crippen LogP contribution in [0.25, 0.3) is 0 Å². The number of benzene rings is 2. The van der Waals surface area contributed by atoms with Crippen LogP contribution in [0, 0.1) is 0 Å². The molecule has 0 bridgehead atoms. The van der Waals surface area contributed by atoms with Crippen LogP contribution in [-0.2, 0) is 17.6 Å². The number of nitrogens with one attached hydrogen (secondary N) is 1. The molecule has 2 N–H and O–H groups in total. The first-order chi connectivity index (χ1) is 15.8. The number of halogens is 4. The molecule has 2 aromatic carbocycles. The number of aliphatic carboxylic acids is 1. The van der Waals surface area contributed by atoms with E-state index in [-0.39, 0.29) is 16.5 Å². The van der Waals surface area contributed by atoms with Gasteiger partial charge in [0.2, 0.25) is 0 Å². The van der Waals surface area contributed by atoms with E-state index in [9.17, 15) is 27.9 Å². The third-order valence-corrected chi connectivity index (χ3v) is 7.22. The monoisotopic (exact) mass is 560 g/mol. The van der Waals surface area contributed by atoms with E-state index in [0.717, 1.165) is 22.1 Å². The zero-order valence-electron chi connectivity index (χ0n) is 18.7. The minimum absolute atomic E-state index is 0.0632. The van der Waals surface area contributed by atoms with Crippen LogP contribution >= 0.6 is 27.7 Å². The van der Waals surface area contributed by atoms with Crippen molar-refractivity contribution in [3.63, 3.8) is 0 Å². The minimum atomic E-state index is -4.81. The number of likely N-dealkylation sites (N-methyl/N-ethyl adjacent to an activating group) is 1. The summed E-state index contributed by atoms with van der Waals surface area (Å²) in [5.41, 5.74) is 2.50. The van der Waals surface area contributed by atoms with Crippen LogP contribution in [0.4, 0.5) is 23.7 Å². The van der Waals surface area contributed by atoms with Crippen molar-refractivity contribution in [3.05, 3.63) is 52.0 Å². The fourth-order valence-corrected chi connectivity index (χ4v) is 5.22. The molecular weight excluding hydrogens is 537 g/mol. The highest BCUT2D eigenvalue weighted by molar-refractivity contribution is 9.10. The summed E-state index contributed by atoms with van der Waals surface area (Å²) in [6.45, 7) is 5.60. The maximum atomic E-state index is 13.0. The zero-order chi connectivity index (χ0) is 25.3. The Bertz CT molecular complexity index is 1090. The van der Waals surface area contributed by atoms with Crippen LogP contribution in [0.15, 0.2) is 45.8 Å². The van der Waals surface area contributed by atoms with Gasteiger partial charge < -0.3 is 20.1 Å². The average molecular weight is 561 g/mol. The second-order valence-electron chi connectivity index (χ2n) is 8.32. The summed E-state index contributed by atoms with van der Waals surface area (Å²) in [5, 5.41) is 12.1. The summed E-state index contributed by atoms with van der Waals surface area (Å²) in [6.07, 6.45) is -3.53. The molecule has 34 heavy (non-hydrogen) atoms. The number of urea groups is 1. The Labute approximate surface area is 208 Å². The molecule has 3 rings (SSSR count). The Morgan fingerprint density at radius 3 is 2.44 bits per heavy atom. The lowest BCUT2D eigenvalue weighted by Gasteiger charge is -2.28. The Morgan fingerprint density at radius 2 is 1.85 bits per heavy atom. The van der Waals surface area contributed by atoms with Gasteiger partial charge in [-0.25, -0.2) is 4.79 Å². The van der Waals surface area contributed by atoms with Crippen molar-refractivity contribution >= 4 is 45.4 Å². The second kappa shape index (κ2) is 10.1. The highest BCUT2D eigenvalue weighted by atomic mass is 79.9. The summed E-state index contributed by atoms with van der Waals surface area (Å²) in [7, 11) is 0. The van der Waals surface area contributed by atoms with Gasteiger partial charge in [0, 0.05) is 23.2 Å². The number of ether oxygens (including phenoxy) is 1. The number of fused-ring (bicyclic) bond motifs is 1. The molecule has 1 unspecified atom stereocenters. The van der Waals surface area contributed by atoms with Crippen molar-refractivity contribution in [2.45, 2.75) is 55.7 Å². The largest absolute Gasteiger partial charge is 0.573 e. The van der Waals surface area contributed by atoms with Crippen LogP contribution in [0.2, 0.25) is 0 Å². The molecule has 0 heterocycles. The number of nitrogens with zero attached hydrogens (tertiary/aromatic N) is 1. The summed E-state index contributed by atoms with van der Waals surface area (Å²) in [6, 6.07) is 9.22. The molecule has 1 atom stereocenters. The maximum absolute atomic E-state index is 13.0. The first-order valence-corrected chi connectivity index (χ1v) is 12.1. The topological polar surface area (TPSA) is 78.9 Å². The number of anilines is 1. The molecule has 1 aliphatic rings. The molecule has 2 amide bonds. The van der Waals surface area contributed by atoms with Crippen molar-refractivity contribution in [2.75, 3.05) is 11.9 Å². The Morgan fingerprint density at radius 1 is 1.18 bits per heavy atom. The number of carboxylic acids is 1. The quantitative estimate of drug-likeness (QED) is 0.387. The van der Waals surface area contributed by atoms with Gasteiger partial charge in [-0.2, -0.15) is 0 Å². The fourth-order valence-electron chi connectivity index (χ4n) is 3.74. The van der Waals surface area contributed by atoms with E-state index in [1.54, 1.807) is 18.7 Å². The van der Waals surface area contributed by atoms with Crippen molar-refractivity contribution in [3.8, 4) is 5.75 Å². The molecule has 0 radical (unpaired) electrons. The van der Waals surface area contributed by atoms with Crippen LogP contribution in [0.5, 0.6) is 5.75 Å². The van der Waals surface area contributed by atoms with Crippen molar-refractivity contribution in [1.82, 2.24) is 4.90 Å². The lowest BCUT2D eigenvalue weighted by molar-refractivity contribution is -0.274. The van der Waals surface area contributed by atoms with Crippen molar-refractivity contribution < 1.29 is 32.6 Å². The molecule has 0 aromatic heterocycles. The predicted molar refractivity (Wildman–Crippen MR) is 127 cm³/mol. The van der Waals surface area contributed by atoms with Gasteiger partial charge in [-0.1, -0.05) is 6.07 Å². The van der Waals surface area contributed by atoms with E-state index in [2.05, 4.69) is 26.0 Å². The minimum Gasteiger partial charge on any atom is -0.480 e. The summed E-state index contributed by atoms with van der Waals surface area (Å²) < 4.78 is 40.4. The van der Waals surface area contributed by atoms with Gasteiger partial charge >= 0.3 is 18.4 Å². The molecule has 0 fully saturated rings. The molecule has 0 saturated carbocycles. The molecule has 6 nitrogen and oxygen atoms in total. The van der Waals surface area contributed by atoms with Gasteiger partial charge in [-0.05, 0) is 91.0 Å². The van der Waals surface area contributed by atoms with Crippen LogP contribution in [0.3, 0.4) is 0 Å². The third kappa shape index (κ3) is 6.38. The normalized spacial score (nSPS) is 15.6. The second-order valence-corrected chi connectivity index (χ2v) is 10.9. The van der Waals surface area contributed by atoms with Crippen LogP contribution < -0.4 is 10.1 Å². The van der Waals surface area contributed by atoms with Gasteiger partial charge in [0.1, 0.15) is 10.5 Å². The van der Waals surface area contributed by atoms with Gasteiger partial charge in [-0.3, -0.25) is 4.79 Å². The first-order valence-electron chi connectivity index (χ1n) is 10.5.